The van der Waals surface area contributed by atoms with Gasteiger partial charge in [-0.15, -0.1) is 11.3 Å². The highest BCUT2D eigenvalue weighted by molar-refractivity contribution is 7.56. The van der Waals surface area contributed by atoms with Gasteiger partial charge in [-0.3, -0.25) is 28.7 Å². The molecule has 3 aliphatic rings. The average Bonchev–Trinajstić information content (AvgIpc) is 3.76. The Balaban J connectivity index is 0.984. The molecule has 15 heteroatoms. The quantitative estimate of drug-likeness (QED) is 0.106. The van der Waals surface area contributed by atoms with Gasteiger partial charge in [0.2, 0.25) is 11.8 Å². The molecular formula is C41H47FN5O7PS. The molecule has 3 aliphatic heterocycles. The summed E-state index contributed by atoms with van der Waals surface area (Å²) in [6, 6.07) is 16.0. The molecule has 2 aromatic carbocycles. The van der Waals surface area contributed by atoms with E-state index < -0.39 is 31.5 Å². The fourth-order valence-electron chi connectivity index (χ4n) is 7.90. The number of thiophene rings is 1. The smallest absolute Gasteiger partial charge is 0.323 e. The van der Waals surface area contributed by atoms with Crippen LogP contribution in [0.5, 0.6) is 5.75 Å². The predicted octanol–water partition coefficient (Wildman–Crippen LogP) is 6.65. The van der Waals surface area contributed by atoms with Gasteiger partial charge in [0, 0.05) is 54.3 Å². The van der Waals surface area contributed by atoms with Crippen LogP contribution in [0.25, 0.3) is 10.1 Å². The van der Waals surface area contributed by atoms with Crippen LogP contribution in [0.3, 0.4) is 0 Å². The highest BCUT2D eigenvalue weighted by atomic mass is 32.1. The minimum atomic E-state index is -3.67. The number of benzene rings is 2. The monoisotopic (exact) mass is 803 g/mol. The summed E-state index contributed by atoms with van der Waals surface area (Å²) >= 11 is 1.32. The first-order valence-corrected chi connectivity index (χ1v) is 21.9. The minimum absolute atomic E-state index is 0.0107. The zero-order valence-corrected chi connectivity index (χ0v) is 33.2. The first-order valence-electron chi connectivity index (χ1n) is 19.3. The van der Waals surface area contributed by atoms with Gasteiger partial charge >= 0.3 is 13.5 Å². The summed E-state index contributed by atoms with van der Waals surface area (Å²) in [4.78, 5) is 61.7. The lowest BCUT2D eigenvalue weighted by Crippen LogP contribution is -2.57. The van der Waals surface area contributed by atoms with Gasteiger partial charge in [-0.05, 0) is 86.4 Å². The number of nitrogens with one attached hydrogen (secondary N) is 2. The van der Waals surface area contributed by atoms with E-state index in [1.807, 2.05) is 31.2 Å². The summed E-state index contributed by atoms with van der Waals surface area (Å²) in [5.74, 6) is -1.53. The van der Waals surface area contributed by atoms with E-state index in [0.717, 1.165) is 29.3 Å². The van der Waals surface area contributed by atoms with Gasteiger partial charge in [-0.2, -0.15) is 0 Å². The largest absolute Gasteiger partial charge is 0.465 e. The van der Waals surface area contributed by atoms with E-state index in [2.05, 4.69) is 15.4 Å². The van der Waals surface area contributed by atoms with Crippen LogP contribution in [0.4, 0.5) is 4.39 Å². The molecule has 0 radical (unpaired) electrons. The Morgan fingerprint density at radius 1 is 1.05 bits per heavy atom. The van der Waals surface area contributed by atoms with Gasteiger partial charge in [-0.25, -0.2) is 9.48 Å². The maximum absolute atomic E-state index is 14.3. The first kappa shape index (κ1) is 39.6. The van der Waals surface area contributed by atoms with Crippen molar-refractivity contribution in [3.8, 4) is 5.75 Å². The molecule has 7 rings (SSSR count). The Labute approximate surface area is 329 Å². The second-order valence-electron chi connectivity index (χ2n) is 14.9. The number of likely N-dealkylation sites (tertiary alicyclic amines) is 1. The number of hydrogen-bond acceptors (Lipinski definition) is 9. The minimum Gasteiger partial charge on any atom is -0.465 e. The lowest BCUT2D eigenvalue weighted by molar-refractivity contribution is -0.149. The van der Waals surface area contributed by atoms with E-state index >= 15 is 0 Å². The molecule has 0 aliphatic carbocycles. The van der Waals surface area contributed by atoms with Crippen LogP contribution < -0.4 is 14.9 Å². The predicted molar refractivity (Wildman–Crippen MR) is 211 cm³/mol. The standard InChI is InChI=1S/C41H47FN5O7PS/c1-3-18-53-41(51)26(2)45-55(52,54-32-10-5-4-6-11-32)25-27-12-15-36-29(19-27)20-37(56-36)38(48)44-21-28-8-7-9-31-13-14-35(47(31)39(28)49)40(50)46-23-30(24-46)33-22-43-17-16-34(33)42/h4-6,10-12,15-17,19-20,22,26,28,30-31,35H,3,7-9,13-14,18,21,23-25H2,1-2H3,(H,44,48)(H,45,52)/t26-,28?,31-,35-,55?/m0/s1. The number of carbonyl (C=O) groups is 4. The zero-order valence-electron chi connectivity index (χ0n) is 31.5. The van der Waals surface area contributed by atoms with Crippen molar-refractivity contribution < 1.29 is 37.4 Å². The Morgan fingerprint density at radius 2 is 1.86 bits per heavy atom. The Kier molecular flexibility index (Phi) is 12.2. The molecule has 5 heterocycles. The molecule has 5 atom stereocenters. The van der Waals surface area contributed by atoms with Crippen LogP contribution in [-0.2, 0) is 29.8 Å². The van der Waals surface area contributed by atoms with Crippen molar-refractivity contribution in [3.63, 3.8) is 0 Å². The summed E-state index contributed by atoms with van der Waals surface area (Å²) in [7, 11) is -3.67. The van der Waals surface area contributed by atoms with Crippen LogP contribution in [0.1, 0.15) is 79.1 Å². The lowest BCUT2D eigenvalue weighted by Gasteiger charge is -2.42. The van der Waals surface area contributed by atoms with Crippen LogP contribution in [0.15, 0.2) is 73.1 Å². The molecule has 0 spiro atoms. The summed E-state index contributed by atoms with van der Waals surface area (Å²) < 4.78 is 40.7. The molecule has 2 aromatic heterocycles. The Bertz CT molecular complexity index is 2130. The van der Waals surface area contributed by atoms with Crippen LogP contribution in [0.2, 0.25) is 0 Å². The van der Waals surface area contributed by atoms with E-state index in [-0.39, 0.29) is 54.8 Å². The fraction of sp³-hybridized carbons (Fsp3) is 0.439. The van der Waals surface area contributed by atoms with Crippen LogP contribution in [-0.4, -0.2) is 82.8 Å². The second kappa shape index (κ2) is 17.2. The topological polar surface area (TPSA) is 147 Å². The number of pyridine rings is 1. The van der Waals surface area contributed by atoms with Crippen molar-refractivity contribution in [2.45, 2.75) is 82.6 Å². The molecule has 0 saturated carbocycles. The number of nitrogens with zero attached hydrogens (tertiary/aromatic N) is 3. The number of esters is 1. The van der Waals surface area contributed by atoms with Crippen molar-refractivity contribution in [3.05, 3.63) is 94.9 Å². The van der Waals surface area contributed by atoms with E-state index in [1.165, 1.54) is 29.8 Å². The number of amides is 3. The summed E-state index contributed by atoms with van der Waals surface area (Å²) in [6.07, 6.45) is 7.15. The highest BCUT2D eigenvalue weighted by Crippen LogP contribution is 2.47. The van der Waals surface area contributed by atoms with Crippen molar-refractivity contribution >= 4 is 52.6 Å². The number of fused-ring (bicyclic) bond motifs is 2. The van der Waals surface area contributed by atoms with Crippen LogP contribution in [0, 0.1) is 11.7 Å². The highest BCUT2D eigenvalue weighted by Gasteiger charge is 2.47. The summed E-state index contributed by atoms with van der Waals surface area (Å²) in [5, 5.41) is 6.67. The molecule has 296 valence electrons. The van der Waals surface area contributed by atoms with Gasteiger partial charge in [0.05, 0.1) is 23.6 Å². The third-order valence-corrected chi connectivity index (χ3v) is 14.0. The number of carbonyl (C=O) groups excluding carboxylic acids is 4. The van der Waals surface area contributed by atoms with E-state index in [1.54, 1.807) is 47.1 Å². The number of halogens is 1. The van der Waals surface area contributed by atoms with Gasteiger partial charge in [0.1, 0.15) is 23.7 Å². The molecular weight excluding hydrogens is 757 g/mol. The van der Waals surface area contributed by atoms with Crippen molar-refractivity contribution in [2.24, 2.45) is 5.92 Å². The fourth-order valence-corrected chi connectivity index (χ4v) is 10.9. The molecule has 2 unspecified atom stereocenters. The number of aromatic nitrogens is 1. The number of ether oxygens (including phenoxy) is 1. The van der Waals surface area contributed by atoms with Gasteiger partial charge in [0.15, 0.2) is 0 Å². The zero-order chi connectivity index (χ0) is 39.4. The Hall–Kier alpha value is -4.65. The molecule has 12 nitrogen and oxygen atoms in total. The molecule has 3 saturated heterocycles. The molecule has 2 N–H and O–H groups in total. The third-order valence-electron chi connectivity index (χ3n) is 10.8. The van der Waals surface area contributed by atoms with Crippen molar-refractivity contribution in [2.75, 3.05) is 26.2 Å². The first-order chi connectivity index (χ1) is 27.0. The molecule has 3 amide bonds. The maximum atomic E-state index is 14.3. The normalized spacial score (nSPS) is 21.4. The van der Waals surface area contributed by atoms with Gasteiger partial charge < -0.3 is 24.4 Å². The van der Waals surface area contributed by atoms with Crippen molar-refractivity contribution in [1.29, 1.82) is 0 Å². The lowest BCUT2D eigenvalue weighted by atomic mass is 9.91. The van der Waals surface area contributed by atoms with Crippen LogP contribution >= 0.6 is 18.9 Å². The van der Waals surface area contributed by atoms with E-state index in [4.69, 9.17) is 9.26 Å². The van der Waals surface area contributed by atoms with Crippen molar-refractivity contribution in [1.82, 2.24) is 25.2 Å². The van der Waals surface area contributed by atoms with E-state index in [9.17, 15) is 28.1 Å². The number of para-hydroxylation sites is 1. The number of rotatable bonds is 14. The maximum Gasteiger partial charge on any atom is 0.323 e. The molecule has 3 fully saturated rings. The van der Waals surface area contributed by atoms with Gasteiger partial charge in [0.25, 0.3) is 5.91 Å². The number of hydrogen-bond donors (Lipinski definition) is 2. The summed E-state index contributed by atoms with van der Waals surface area (Å²) in [6.45, 7) is 4.69. The SMILES string of the molecule is CCCOC(=O)[C@H](C)NP(=O)(Cc1ccc2sc(C(=O)NCC3CCC[C@H]4CC[C@@H](C(=O)N5CC(c6cnccc6F)C5)N4C3=O)cc2c1)Oc1ccccc1. The van der Waals surface area contributed by atoms with Gasteiger partial charge in [-0.1, -0.05) is 37.6 Å². The second-order valence-corrected chi connectivity index (χ2v) is 18.1. The molecule has 4 aromatic rings. The van der Waals surface area contributed by atoms with E-state index in [0.29, 0.717) is 54.1 Å². The summed E-state index contributed by atoms with van der Waals surface area (Å²) in [5.41, 5.74) is 1.19. The molecule has 0 bridgehead atoms. The average molecular weight is 804 g/mol. The third kappa shape index (κ3) is 8.82. The molecule has 56 heavy (non-hydrogen) atoms. The Morgan fingerprint density at radius 3 is 2.62 bits per heavy atom.